The summed E-state index contributed by atoms with van der Waals surface area (Å²) in [7, 11) is 0. The van der Waals surface area contributed by atoms with E-state index in [-0.39, 0.29) is 5.91 Å². The summed E-state index contributed by atoms with van der Waals surface area (Å²) < 4.78 is 0. The van der Waals surface area contributed by atoms with Gasteiger partial charge in [0.1, 0.15) is 0 Å². The minimum Gasteiger partial charge on any atom is -0.320 e. The van der Waals surface area contributed by atoms with Crippen LogP contribution in [0.2, 0.25) is 0 Å². The van der Waals surface area contributed by atoms with Crippen molar-refractivity contribution < 1.29 is 4.79 Å². The molecule has 0 aliphatic rings. The Hall–Kier alpha value is -0.940. The first kappa shape index (κ1) is 9.15. The van der Waals surface area contributed by atoms with Gasteiger partial charge in [0.2, 0.25) is 5.91 Å². The third-order valence-electron chi connectivity index (χ3n) is 1.44. The van der Waals surface area contributed by atoms with Gasteiger partial charge in [0, 0.05) is 11.6 Å². The van der Waals surface area contributed by atoms with Crippen LogP contribution in [0, 0.1) is 0 Å². The van der Waals surface area contributed by atoms with E-state index in [1.165, 1.54) is 11.3 Å². The van der Waals surface area contributed by atoms with Crippen molar-refractivity contribution in [3.8, 4) is 0 Å². The third-order valence-corrected chi connectivity index (χ3v) is 2.13. The maximum absolute atomic E-state index is 11.2. The summed E-state index contributed by atoms with van der Waals surface area (Å²) in [6.07, 6.45) is 2.27. The molecule has 1 atom stereocenters. The Kier molecular flexibility index (Phi) is 3.19. The second-order valence-electron chi connectivity index (χ2n) is 2.34. The van der Waals surface area contributed by atoms with Crippen molar-refractivity contribution in [2.45, 2.75) is 19.4 Å². The van der Waals surface area contributed by atoms with Gasteiger partial charge in [-0.05, 0) is 6.42 Å². The fourth-order valence-electron chi connectivity index (χ4n) is 0.669. The van der Waals surface area contributed by atoms with Gasteiger partial charge in [-0.2, -0.15) is 0 Å². The SMILES string of the molecule is CCC(N)C(=O)Nc1nccs1. The summed E-state index contributed by atoms with van der Waals surface area (Å²) in [5.74, 6) is -0.174. The fourth-order valence-corrected chi connectivity index (χ4v) is 1.20. The number of carbonyl (C=O) groups is 1. The maximum Gasteiger partial charge on any atom is 0.243 e. The zero-order valence-corrected chi connectivity index (χ0v) is 7.60. The quantitative estimate of drug-likeness (QED) is 0.732. The Labute approximate surface area is 74.8 Å². The third kappa shape index (κ3) is 2.28. The number of carbonyl (C=O) groups excluding carboxylic acids is 1. The molecule has 1 heterocycles. The normalized spacial score (nSPS) is 12.5. The largest absolute Gasteiger partial charge is 0.320 e. The van der Waals surface area contributed by atoms with Gasteiger partial charge in [0.15, 0.2) is 5.13 Å². The molecule has 12 heavy (non-hydrogen) atoms. The van der Waals surface area contributed by atoms with Crippen molar-refractivity contribution in [1.29, 1.82) is 0 Å². The average Bonchev–Trinajstić information content (AvgIpc) is 2.55. The molecule has 0 fully saturated rings. The van der Waals surface area contributed by atoms with Crippen molar-refractivity contribution >= 4 is 22.4 Å². The number of nitrogens with zero attached hydrogens (tertiary/aromatic N) is 1. The van der Waals surface area contributed by atoms with Crippen LogP contribution >= 0.6 is 11.3 Å². The Morgan fingerprint density at radius 3 is 3.17 bits per heavy atom. The number of thiazole rings is 1. The Bertz CT molecular complexity index is 247. The summed E-state index contributed by atoms with van der Waals surface area (Å²) >= 11 is 1.38. The van der Waals surface area contributed by atoms with E-state index in [0.717, 1.165) is 0 Å². The zero-order valence-electron chi connectivity index (χ0n) is 6.78. The molecule has 1 rings (SSSR count). The molecule has 1 aromatic rings. The summed E-state index contributed by atoms with van der Waals surface area (Å²) in [6, 6.07) is -0.436. The molecule has 0 saturated carbocycles. The number of rotatable bonds is 3. The minimum absolute atomic E-state index is 0.174. The van der Waals surface area contributed by atoms with E-state index >= 15 is 0 Å². The Balaban J connectivity index is 2.47. The molecule has 0 radical (unpaired) electrons. The molecule has 3 N–H and O–H groups in total. The van der Waals surface area contributed by atoms with Crippen LogP contribution < -0.4 is 11.1 Å². The number of hydrogen-bond donors (Lipinski definition) is 2. The molecule has 66 valence electrons. The predicted octanol–water partition coefficient (Wildman–Crippen LogP) is 0.819. The van der Waals surface area contributed by atoms with Crippen LogP contribution in [-0.2, 0) is 4.79 Å². The minimum atomic E-state index is -0.436. The second-order valence-corrected chi connectivity index (χ2v) is 3.24. The first-order valence-corrected chi connectivity index (χ1v) is 4.58. The lowest BCUT2D eigenvalue weighted by atomic mass is 10.2. The number of nitrogens with two attached hydrogens (primary N) is 1. The number of aromatic nitrogens is 1. The van der Waals surface area contributed by atoms with Gasteiger partial charge in [-0.15, -0.1) is 11.3 Å². The first-order valence-electron chi connectivity index (χ1n) is 3.70. The van der Waals surface area contributed by atoms with Gasteiger partial charge in [-0.1, -0.05) is 6.92 Å². The Morgan fingerprint density at radius 2 is 2.67 bits per heavy atom. The first-order chi connectivity index (χ1) is 5.74. The van der Waals surface area contributed by atoms with Gasteiger partial charge in [-0.3, -0.25) is 4.79 Å². The molecule has 0 aliphatic heterocycles. The lowest BCUT2D eigenvalue weighted by Gasteiger charge is -2.06. The summed E-state index contributed by atoms with van der Waals surface area (Å²) in [5.41, 5.74) is 5.50. The number of amides is 1. The van der Waals surface area contributed by atoms with Gasteiger partial charge in [0.05, 0.1) is 6.04 Å². The summed E-state index contributed by atoms with van der Waals surface area (Å²) in [5, 5.41) is 5.02. The van der Waals surface area contributed by atoms with Crippen molar-refractivity contribution in [2.75, 3.05) is 5.32 Å². The van der Waals surface area contributed by atoms with Crippen LogP contribution in [0.25, 0.3) is 0 Å². The smallest absolute Gasteiger partial charge is 0.243 e. The summed E-state index contributed by atoms with van der Waals surface area (Å²) in [4.78, 5) is 15.1. The van der Waals surface area contributed by atoms with E-state index in [9.17, 15) is 4.79 Å². The predicted molar refractivity (Wildman–Crippen MR) is 49.0 cm³/mol. The molecular formula is C7H11N3OS. The van der Waals surface area contributed by atoms with Gasteiger partial charge in [0.25, 0.3) is 0 Å². The molecule has 0 saturated heterocycles. The van der Waals surface area contributed by atoms with Gasteiger partial charge >= 0.3 is 0 Å². The lowest BCUT2D eigenvalue weighted by Crippen LogP contribution is -2.34. The number of nitrogens with one attached hydrogen (secondary N) is 1. The van der Waals surface area contributed by atoms with E-state index < -0.39 is 6.04 Å². The topological polar surface area (TPSA) is 68.0 Å². The van der Waals surface area contributed by atoms with Crippen LogP contribution in [0.15, 0.2) is 11.6 Å². The van der Waals surface area contributed by atoms with Crippen LogP contribution in [-0.4, -0.2) is 16.9 Å². The van der Waals surface area contributed by atoms with Crippen LogP contribution in [0.3, 0.4) is 0 Å². The molecule has 0 spiro atoms. The molecule has 4 nitrogen and oxygen atoms in total. The molecule has 5 heteroatoms. The van der Waals surface area contributed by atoms with E-state index in [2.05, 4.69) is 10.3 Å². The Morgan fingerprint density at radius 1 is 1.92 bits per heavy atom. The number of hydrogen-bond acceptors (Lipinski definition) is 4. The molecule has 1 unspecified atom stereocenters. The van der Waals surface area contributed by atoms with Crippen molar-refractivity contribution in [1.82, 2.24) is 4.98 Å². The van der Waals surface area contributed by atoms with Crippen LogP contribution in [0.4, 0.5) is 5.13 Å². The van der Waals surface area contributed by atoms with Gasteiger partial charge in [-0.25, -0.2) is 4.98 Å². The van der Waals surface area contributed by atoms with E-state index in [4.69, 9.17) is 5.73 Å². The van der Waals surface area contributed by atoms with Gasteiger partial charge < -0.3 is 11.1 Å². The molecule has 0 aromatic carbocycles. The molecule has 1 aromatic heterocycles. The average molecular weight is 185 g/mol. The molecule has 1 amide bonds. The van der Waals surface area contributed by atoms with Crippen molar-refractivity contribution in [3.05, 3.63) is 11.6 Å². The fraction of sp³-hybridized carbons (Fsp3) is 0.429. The van der Waals surface area contributed by atoms with E-state index in [1.807, 2.05) is 6.92 Å². The zero-order chi connectivity index (χ0) is 8.97. The van der Waals surface area contributed by atoms with E-state index in [0.29, 0.717) is 11.6 Å². The standard InChI is InChI=1S/C7H11N3OS/c1-2-5(8)6(11)10-7-9-3-4-12-7/h3-5H,2,8H2,1H3,(H,9,10,11). The van der Waals surface area contributed by atoms with Crippen LogP contribution in [0.5, 0.6) is 0 Å². The molecule has 0 bridgehead atoms. The summed E-state index contributed by atoms with van der Waals surface area (Å²) in [6.45, 7) is 1.87. The molecule has 0 aliphatic carbocycles. The number of anilines is 1. The lowest BCUT2D eigenvalue weighted by molar-refractivity contribution is -0.117. The second kappa shape index (κ2) is 4.18. The maximum atomic E-state index is 11.2. The highest BCUT2D eigenvalue weighted by atomic mass is 32.1. The molecular weight excluding hydrogens is 174 g/mol. The highest BCUT2D eigenvalue weighted by molar-refractivity contribution is 7.13. The monoisotopic (exact) mass is 185 g/mol. The highest BCUT2D eigenvalue weighted by Crippen LogP contribution is 2.10. The van der Waals surface area contributed by atoms with Crippen molar-refractivity contribution in [3.63, 3.8) is 0 Å². The highest BCUT2D eigenvalue weighted by Gasteiger charge is 2.11. The van der Waals surface area contributed by atoms with E-state index in [1.54, 1.807) is 11.6 Å². The van der Waals surface area contributed by atoms with Crippen molar-refractivity contribution in [2.24, 2.45) is 5.73 Å². The van der Waals surface area contributed by atoms with Crippen LogP contribution in [0.1, 0.15) is 13.3 Å².